The highest BCUT2D eigenvalue weighted by atomic mass is 16.5. The fourth-order valence-electron chi connectivity index (χ4n) is 4.62. The molecule has 2 atom stereocenters. The molecule has 2 heterocycles. The molecule has 0 spiro atoms. The van der Waals surface area contributed by atoms with Crippen LogP contribution in [0.3, 0.4) is 0 Å². The fraction of sp³-hybridized carbons (Fsp3) is 0.682. The Bertz CT molecular complexity index is 588. The summed E-state index contributed by atoms with van der Waals surface area (Å²) in [6.07, 6.45) is 6.87. The maximum absolute atomic E-state index is 13.0. The van der Waals surface area contributed by atoms with Crippen molar-refractivity contribution in [3.05, 3.63) is 29.8 Å². The minimum atomic E-state index is 0.199. The Kier molecular flexibility index (Phi) is 7.53. The SMILES string of the molecule is COCCN(C[C@@H]1CCCN2CCCC[C@H]12)C(=O)Cc1ccc(OC)cc1. The zero-order valence-corrected chi connectivity index (χ0v) is 16.9. The smallest absolute Gasteiger partial charge is 0.227 e. The highest BCUT2D eigenvalue weighted by molar-refractivity contribution is 5.78. The van der Waals surface area contributed by atoms with Crippen LogP contribution in [0.2, 0.25) is 0 Å². The molecule has 0 N–H and O–H groups in total. The van der Waals surface area contributed by atoms with E-state index >= 15 is 0 Å². The minimum absolute atomic E-state index is 0.199. The van der Waals surface area contributed by atoms with Crippen LogP contribution in [-0.4, -0.2) is 68.8 Å². The first-order chi connectivity index (χ1) is 13.2. The first-order valence-electron chi connectivity index (χ1n) is 10.3. The van der Waals surface area contributed by atoms with Gasteiger partial charge in [-0.05, 0) is 62.4 Å². The third-order valence-corrected chi connectivity index (χ3v) is 6.12. The van der Waals surface area contributed by atoms with Gasteiger partial charge in [0.15, 0.2) is 0 Å². The van der Waals surface area contributed by atoms with E-state index in [9.17, 15) is 4.79 Å². The second-order valence-corrected chi connectivity index (χ2v) is 7.86. The molecule has 0 bridgehead atoms. The van der Waals surface area contributed by atoms with Gasteiger partial charge < -0.3 is 19.3 Å². The van der Waals surface area contributed by atoms with Crippen molar-refractivity contribution in [2.75, 3.05) is 47.0 Å². The summed E-state index contributed by atoms with van der Waals surface area (Å²) in [7, 11) is 3.36. The first-order valence-corrected chi connectivity index (χ1v) is 10.3. The fourth-order valence-corrected chi connectivity index (χ4v) is 4.62. The summed E-state index contributed by atoms with van der Waals surface area (Å²) in [6.45, 7) is 4.60. The van der Waals surface area contributed by atoms with Gasteiger partial charge in [-0.15, -0.1) is 0 Å². The molecule has 5 nitrogen and oxygen atoms in total. The standard InChI is InChI=1S/C22H34N2O3/c1-26-15-14-24(22(25)16-18-8-10-20(27-2)11-9-18)17-19-6-5-13-23-12-4-3-7-21(19)23/h8-11,19,21H,3-7,12-17H2,1-2H3/t19-,21+/m0/s1. The Labute approximate surface area is 163 Å². The van der Waals surface area contributed by atoms with Crippen LogP contribution in [0.25, 0.3) is 0 Å². The van der Waals surface area contributed by atoms with Crippen LogP contribution in [-0.2, 0) is 16.0 Å². The molecule has 1 aromatic carbocycles. The molecule has 0 aromatic heterocycles. The average Bonchev–Trinajstić information content (AvgIpc) is 2.71. The second-order valence-electron chi connectivity index (χ2n) is 7.86. The summed E-state index contributed by atoms with van der Waals surface area (Å²) < 4.78 is 10.5. The van der Waals surface area contributed by atoms with E-state index in [-0.39, 0.29) is 5.91 Å². The van der Waals surface area contributed by atoms with Crippen molar-refractivity contribution >= 4 is 5.91 Å². The van der Waals surface area contributed by atoms with E-state index in [1.54, 1.807) is 14.2 Å². The van der Waals surface area contributed by atoms with Crippen molar-refractivity contribution in [3.63, 3.8) is 0 Å². The molecule has 0 aliphatic carbocycles. The molecule has 2 aliphatic heterocycles. The summed E-state index contributed by atoms with van der Waals surface area (Å²) in [5.41, 5.74) is 1.03. The summed E-state index contributed by atoms with van der Waals surface area (Å²) in [4.78, 5) is 17.7. The third kappa shape index (κ3) is 5.45. The summed E-state index contributed by atoms with van der Waals surface area (Å²) in [5, 5.41) is 0. The molecule has 2 aliphatic rings. The van der Waals surface area contributed by atoms with E-state index < -0.39 is 0 Å². The number of fused-ring (bicyclic) bond motifs is 1. The summed E-state index contributed by atoms with van der Waals surface area (Å²) in [5.74, 6) is 1.61. The van der Waals surface area contributed by atoms with E-state index in [1.165, 1.54) is 45.2 Å². The molecule has 0 unspecified atom stereocenters. The number of hydrogen-bond acceptors (Lipinski definition) is 4. The van der Waals surface area contributed by atoms with Gasteiger partial charge in [0.05, 0.1) is 20.1 Å². The van der Waals surface area contributed by atoms with Gasteiger partial charge in [-0.3, -0.25) is 4.79 Å². The molecule has 2 saturated heterocycles. The number of hydrogen-bond donors (Lipinski definition) is 0. The first kappa shape index (κ1) is 20.2. The third-order valence-electron chi connectivity index (χ3n) is 6.12. The van der Waals surface area contributed by atoms with Gasteiger partial charge in [0.1, 0.15) is 5.75 Å². The van der Waals surface area contributed by atoms with E-state index in [2.05, 4.69) is 4.90 Å². The number of carbonyl (C=O) groups excluding carboxylic acids is 1. The van der Waals surface area contributed by atoms with Crippen LogP contribution in [0.4, 0.5) is 0 Å². The van der Waals surface area contributed by atoms with E-state index in [0.717, 1.165) is 17.9 Å². The monoisotopic (exact) mass is 374 g/mol. The predicted molar refractivity (Wildman–Crippen MR) is 107 cm³/mol. The van der Waals surface area contributed by atoms with Gasteiger partial charge >= 0.3 is 0 Å². The topological polar surface area (TPSA) is 42.0 Å². The van der Waals surface area contributed by atoms with Crippen LogP contribution in [0, 0.1) is 5.92 Å². The molecule has 5 heteroatoms. The Hall–Kier alpha value is -1.59. The number of nitrogens with zero attached hydrogens (tertiary/aromatic N) is 2. The Morgan fingerprint density at radius 1 is 1.11 bits per heavy atom. The molecule has 27 heavy (non-hydrogen) atoms. The highest BCUT2D eigenvalue weighted by Crippen LogP contribution is 2.31. The molecule has 150 valence electrons. The maximum atomic E-state index is 13.0. The lowest BCUT2D eigenvalue weighted by Gasteiger charge is -2.45. The highest BCUT2D eigenvalue weighted by Gasteiger charge is 2.34. The van der Waals surface area contributed by atoms with Crippen LogP contribution in [0.5, 0.6) is 5.75 Å². The molecule has 0 radical (unpaired) electrons. The van der Waals surface area contributed by atoms with Gasteiger partial charge in [-0.1, -0.05) is 18.6 Å². The maximum Gasteiger partial charge on any atom is 0.227 e. The van der Waals surface area contributed by atoms with Gasteiger partial charge in [-0.25, -0.2) is 0 Å². The quantitative estimate of drug-likeness (QED) is 0.702. The molecule has 3 rings (SSSR count). The molecular weight excluding hydrogens is 340 g/mol. The zero-order valence-electron chi connectivity index (χ0n) is 16.9. The van der Waals surface area contributed by atoms with Crippen LogP contribution in [0.1, 0.15) is 37.7 Å². The molecule has 1 amide bonds. The van der Waals surface area contributed by atoms with Crippen molar-refractivity contribution in [2.45, 2.75) is 44.6 Å². The Balaban J connectivity index is 1.63. The number of methoxy groups -OCH3 is 2. The number of rotatable bonds is 8. The van der Waals surface area contributed by atoms with E-state index in [1.807, 2.05) is 29.2 Å². The number of amides is 1. The zero-order chi connectivity index (χ0) is 19.1. The lowest BCUT2D eigenvalue weighted by Crippen LogP contribution is -2.52. The van der Waals surface area contributed by atoms with Gasteiger partial charge in [0.2, 0.25) is 5.91 Å². The number of carbonyl (C=O) groups is 1. The van der Waals surface area contributed by atoms with Crippen molar-refractivity contribution < 1.29 is 14.3 Å². The lowest BCUT2D eigenvalue weighted by atomic mass is 9.83. The number of benzene rings is 1. The van der Waals surface area contributed by atoms with Gasteiger partial charge in [-0.2, -0.15) is 0 Å². The van der Waals surface area contributed by atoms with Crippen molar-refractivity contribution in [2.24, 2.45) is 5.92 Å². The van der Waals surface area contributed by atoms with Gasteiger partial charge in [0, 0.05) is 26.2 Å². The lowest BCUT2D eigenvalue weighted by molar-refractivity contribution is -0.132. The van der Waals surface area contributed by atoms with Crippen LogP contribution >= 0.6 is 0 Å². The minimum Gasteiger partial charge on any atom is -0.497 e. The van der Waals surface area contributed by atoms with Crippen LogP contribution in [0.15, 0.2) is 24.3 Å². The number of ether oxygens (including phenoxy) is 2. The Morgan fingerprint density at radius 3 is 2.63 bits per heavy atom. The Morgan fingerprint density at radius 2 is 1.89 bits per heavy atom. The number of piperidine rings is 2. The largest absolute Gasteiger partial charge is 0.497 e. The van der Waals surface area contributed by atoms with E-state index in [0.29, 0.717) is 31.5 Å². The van der Waals surface area contributed by atoms with Crippen molar-refractivity contribution in [1.29, 1.82) is 0 Å². The van der Waals surface area contributed by atoms with Crippen LogP contribution < -0.4 is 4.74 Å². The predicted octanol–water partition coefficient (Wildman–Crippen LogP) is 2.98. The summed E-state index contributed by atoms with van der Waals surface area (Å²) in [6, 6.07) is 8.46. The summed E-state index contributed by atoms with van der Waals surface area (Å²) >= 11 is 0. The molecular formula is C22H34N2O3. The van der Waals surface area contributed by atoms with Crippen molar-refractivity contribution in [3.8, 4) is 5.75 Å². The normalized spacial score (nSPS) is 22.9. The second kappa shape index (κ2) is 10.1. The van der Waals surface area contributed by atoms with Crippen molar-refractivity contribution in [1.82, 2.24) is 9.80 Å². The molecule has 2 fully saturated rings. The average molecular weight is 375 g/mol. The molecule has 1 aromatic rings. The molecule has 0 saturated carbocycles. The van der Waals surface area contributed by atoms with Gasteiger partial charge in [0.25, 0.3) is 0 Å². The van der Waals surface area contributed by atoms with E-state index in [4.69, 9.17) is 9.47 Å².